The Balaban J connectivity index is 1.60. The van der Waals surface area contributed by atoms with Crippen LogP contribution in [0.3, 0.4) is 0 Å². The molecule has 2 aromatic heterocycles. The Morgan fingerprint density at radius 3 is 2.56 bits per heavy atom. The van der Waals surface area contributed by atoms with Crippen LogP contribution in [0.25, 0.3) is 16.2 Å². The second kappa shape index (κ2) is 6.18. The molecule has 4 rings (SSSR count). The summed E-state index contributed by atoms with van der Waals surface area (Å²) in [6.07, 6.45) is 3.89. The van der Waals surface area contributed by atoms with E-state index in [1.807, 2.05) is 34.3 Å². The zero-order valence-corrected chi connectivity index (χ0v) is 15.1. The molecule has 0 unspecified atom stereocenters. The first-order chi connectivity index (χ1) is 12.0. The molecule has 0 radical (unpaired) electrons. The molecule has 0 saturated heterocycles. The summed E-state index contributed by atoms with van der Waals surface area (Å²) >= 11 is 7.54. The van der Waals surface area contributed by atoms with Crippen molar-refractivity contribution in [2.45, 2.75) is 4.90 Å². The molecule has 2 aromatic carbocycles. The molecule has 1 N–H and O–H groups in total. The fraction of sp³-hybridized carbons (Fsp3) is 0. The first-order valence-electron chi connectivity index (χ1n) is 7.33. The molecular formula is C17H12ClN3O2S2. The van der Waals surface area contributed by atoms with Crippen LogP contribution in [0.4, 0.5) is 5.69 Å². The summed E-state index contributed by atoms with van der Waals surface area (Å²) in [7, 11) is -3.73. The molecule has 4 aromatic rings. The van der Waals surface area contributed by atoms with Crippen molar-refractivity contribution >= 4 is 43.6 Å². The van der Waals surface area contributed by atoms with Gasteiger partial charge in [-0.25, -0.2) is 13.4 Å². The van der Waals surface area contributed by atoms with Crippen molar-refractivity contribution in [2.24, 2.45) is 0 Å². The van der Waals surface area contributed by atoms with Gasteiger partial charge < -0.3 is 0 Å². The van der Waals surface area contributed by atoms with E-state index in [0.717, 1.165) is 16.2 Å². The Morgan fingerprint density at radius 2 is 1.84 bits per heavy atom. The van der Waals surface area contributed by atoms with E-state index in [-0.39, 0.29) is 9.92 Å². The van der Waals surface area contributed by atoms with Gasteiger partial charge in [0.2, 0.25) is 0 Å². The summed E-state index contributed by atoms with van der Waals surface area (Å²) in [6.45, 7) is 0. The van der Waals surface area contributed by atoms with Gasteiger partial charge in [-0.15, -0.1) is 11.3 Å². The highest BCUT2D eigenvalue weighted by molar-refractivity contribution is 7.92. The maximum Gasteiger partial charge on any atom is 0.263 e. The highest BCUT2D eigenvalue weighted by Gasteiger charge is 2.17. The number of hydrogen-bond acceptors (Lipinski definition) is 4. The van der Waals surface area contributed by atoms with Crippen molar-refractivity contribution < 1.29 is 8.42 Å². The predicted molar refractivity (Wildman–Crippen MR) is 101 cm³/mol. The summed E-state index contributed by atoms with van der Waals surface area (Å²) in [4.78, 5) is 5.50. The lowest BCUT2D eigenvalue weighted by Crippen LogP contribution is -2.13. The van der Waals surface area contributed by atoms with Gasteiger partial charge in [0.15, 0.2) is 4.96 Å². The van der Waals surface area contributed by atoms with Gasteiger partial charge in [0, 0.05) is 29.0 Å². The molecule has 0 spiro atoms. The molecule has 0 atom stereocenters. The Hall–Kier alpha value is -2.35. The van der Waals surface area contributed by atoms with E-state index < -0.39 is 10.0 Å². The van der Waals surface area contributed by atoms with Crippen molar-refractivity contribution in [1.29, 1.82) is 0 Å². The molecular weight excluding hydrogens is 378 g/mol. The third kappa shape index (κ3) is 3.13. The lowest BCUT2D eigenvalue weighted by molar-refractivity contribution is 0.601. The van der Waals surface area contributed by atoms with Gasteiger partial charge in [0.1, 0.15) is 4.90 Å². The van der Waals surface area contributed by atoms with Crippen molar-refractivity contribution in [3.05, 3.63) is 71.3 Å². The quantitative estimate of drug-likeness (QED) is 0.558. The van der Waals surface area contributed by atoms with Gasteiger partial charge in [-0.3, -0.25) is 9.12 Å². The van der Waals surface area contributed by atoms with Crippen molar-refractivity contribution in [1.82, 2.24) is 9.38 Å². The van der Waals surface area contributed by atoms with E-state index in [9.17, 15) is 8.42 Å². The lowest BCUT2D eigenvalue weighted by Gasteiger charge is -2.09. The van der Waals surface area contributed by atoms with Gasteiger partial charge in [0.05, 0.1) is 10.7 Å². The van der Waals surface area contributed by atoms with E-state index in [1.165, 1.54) is 6.07 Å². The average Bonchev–Trinajstić information content (AvgIpc) is 3.17. The van der Waals surface area contributed by atoms with Gasteiger partial charge in [-0.2, -0.15) is 0 Å². The second-order valence-electron chi connectivity index (χ2n) is 5.33. The van der Waals surface area contributed by atoms with Gasteiger partial charge >= 0.3 is 0 Å². The minimum atomic E-state index is -3.73. The molecule has 0 amide bonds. The summed E-state index contributed by atoms with van der Waals surface area (Å²) in [6, 6.07) is 13.4. The number of aromatic nitrogens is 2. The molecule has 0 aliphatic rings. The Bertz CT molecular complexity index is 1120. The zero-order chi connectivity index (χ0) is 17.4. The van der Waals surface area contributed by atoms with Crippen LogP contribution >= 0.6 is 22.9 Å². The van der Waals surface area contributed by atoms with Crippen LogP contribution in [0.15, 0.2) is 71.2 Å². The Labute approximate surface area is 153 Å². The van der Waals surface area contributed by atoms with E-state index in [1.54, 1.807) is 41.7 Å². The second-order valence-corrected chi connectivity index (χ2v) is 8.26. The first kappa shape index (κ1) is 16.1. The maximum atomic E-state index is 12.5. The number of nitrogens with one attached hydrogen (secondary N) is 1. The number of halogens is 1. The standard InChI is InChI=1S/C17H12ClN3O2S2/c18-14-3-1-2-4-16(14)25(22,23)20-13-7-5-12(6-8-13)15-11-21-9-10-24-17(21)19-15/h1-11,20H. The number of anilines is 1. The van der Waals surface area contributed by atoms with Crippen molar-refractivity contribution in [3.63, 3.8) is 0 Å². The van der Waals surface area contributed by atoms with Crippen LogP contribution in [0.2, 0.25) is 5.02 Å². The molecule has 2 heterocycles. The number of benzene rings is 2. The van der Waals surface area contributed by atoms with Crippen molar-refractivity contribution in [2.75, 3.05) is 4.72 Å². The van der Waals surface area contributed by atoms with Crippen LogP contribution < -0.4 is 4.72 Å². The number of rotatable bonds is 4. The van der Waals surface area contributed by atoms with Crippen LogP contribution in [0.1, 0.15) is 0 Å². The number of sulfonamides is 1. The molecule has 5 nitrogen and oxygen atoms in total. The van der Waals surface area contributed by atoms with E-state index in [4.69, 9.17) is 11.6 Å². The van der Waals surface area contributed by atoms with E-state index in [0.29, 0.717) is 5.69 Å². The summed E-state index contributed by atoms with van der Waals surface area (Å²) in [5, 5.41) is 2.16. The molecule has 0 saturated carbocycles. The third-order valence-corrected chi connectivity index (χ3v) is 6.30. The van der Waals surface area contributed by atoms with Gasteiger partial charge in [-0.05, 0) is 24.3 Å². The monoisotopic (exact) mass is 389 g/mol. The normalized spacial score (nSPS) is 11.7. The SMILES string of the molecule is O=S(=O)(Nc1ccc(-c2cn3ccsc3n2)cc1)c1ccccc1Cl. The number of imidazole rings is 1. The Morgan fingerprint density at radius 1 is 1.08 bits per heavy atom. The molecule has 0 aliphatic carbocycles. The van der Waals surface area contributed by atoms with Crippen LogP contribution in [-0.2, 0) is 10.0 Å². The van der Waals surface area contributed by atoms with Crippen LogP contribution in [0, 0.1) is 0 Å². The lowest BCUT2D eigenvalue weighted by atomic mass is 10.1. The number of hydrogen-bond donors (Lipinski definition) is 1. The molecule has 0 bridgehead atoms. The smallest absolute Gasteiger partial charge is 0.263 e. The van der Waals surface area contributed by atoms with E-state index in [2.05, 4.69) is 9.71 Å². The fourth-order valence-corrected chi connectivity index (χ4v) is 4.73. The number of nitrogens with zero attached hydrogens (tertiary/aromatic N) is 2. The largest absolute Gasteiger partial charge is 0.297 e. The third-order valence-electron chi connectivity index (χ3n) is 3.65. The zero-order valence-electron chi connectivity index (χ0n) is 12.8. The summed E-state index contributed by atoms with van der Waals surface area (Å²) in [5.74, 6) is 0. The van der Waals surface area contributed by atoms with Crippen molar-refractivity contribution in [3.8, 4) is 11.3 Å². The topological polar surface area (TPSA) is 63.5 Å². The first-order valence-corrected chi connectivity index (χ1v) is 10.1. The maximum absolute atomic E-state index is 12.5. The van der Waals surface area contributed by atoms with Gasteiger partial charge in [0.25, 0.3) is 10.0 Å². The number of thiazole rings is 1. The van der Waals surface area contributed by atoms with Gasteiger partial charge in [-0.1, -0.05) is 35.9 Å². The molecule has 0 fully saturated rings. The minimum Gasteiger partial charge on any atom is -0.297 e. The fourth-order valence-electron chi connectivity index (χ4n) is 2.45. The van der Waals surface area contributed by atoms with E-state index >= 15 is 0 Å². The predicted octanol–water partition coefficient (Wildman–Crippen LogP) is 4.52. The van der Waals surface area contributed by atoms with Crippen LogP contribution in [-0.4, -0.2) is 17.8 Å². The molecule has 126 valence electrons. The molecule has 25 heavy (non-hydrogen) atoms. The number of fused-ring (bicyclic) bond motifs is 1. The molecule has 0 aliphatic heterocycles. The highest BCUT2D eigenvalue weighted by atomic mass is 35.5. The molecule has 8 heteroatoms. The summed E-state index contributed by atoms with van der Waals surface area (Å²) < 4.78 is 29.4. The average molecular weight is 390 g/mol. The summed E-state index contributed by atoms with van der Waals surface area (Å²) in [5.41, 5.74) is 2.22. The highest BCUT2D eigenvalue weighted by Crippen LogP contribution is 2.26. The Kier molecular flexibility index (Phi) is 3.99. The van der Waals surface area contributed by atoms with Crippen LogP contribution in [0.5, 0.6) is 0 Å². The minimum absolute atomic E-state index is 0.0510.